The summed E-state index contributed by atoms with van der Waals surface area (Å²) in [5.41, 5.74) is 2.20. The van der Waals surface area contributed by atoms with E-state index in [1.807, 2.05) is 0 Å². The van der Waals surface area contributed by atoms with Crippen molar-refractivity contribution in [1.82, 2.24) is 4.98 Å². The predicted molar refractivity (Wildman–Crippen MR) is 108 cm³/mol. The topological polar surface area (TPSA) is 12.9 Å². The van der Waals surface area contributed by atoms with Gasteiger partial charge in [0.1, 0.15) is 0 Å². The van der Waals surface area contributed by atoms with Crippen LogP contribution in [0.25, 0.3) is 54.0 Å². The Bertz CT molecular complexity index is 1340. The van der Waals surface area contributed by atoms with E-state index in [0.29, 0.717) is 0 Å². The van der Waals surface area contributed by atoms with Crippen molar-refractivity contribution in [1.29, 1.82) is 0 Å². The number of hydrogen-bond acceptors (Lipinski definition) is 1. The van der Waals surface area contributed by atoms with Gasteiger partial charge in [0.25, 0.3) is 0 Å². The lowest BCUT2D eigenvalue weighted by Gasteiger charge is -2.17. The molecular weight excluding hydrogens is 302 g/mol. The summed E-state index contributed by atoms with van der Waals surface area (Å²) in [7, 11) is 0. The van der Waals surface area contributed by atoms with Crippen molar-refractivity contribution in [2.24, 2.45) is 0 Å². The molecule has 0 fully saturated rings. The van der Waals surface area contributed by atoms with E-state index >= 15 is 0 Å². The van der Waals surface area contributed by atoms with Crippen molar-refractivity contribution in [3.05, 3.63) is 78.5 Å². The second kappa shape index (κ2) is 4.46. The van der Waals surface area contributed by atoms with Crippen molar-refractivity contribution < 1.29 is 0 Å². The Morgan fingerprint density at radius 3 is 1.72 bits per heavy atom. The fourth-order valence-corrected chi connectivity index (χ4v) is 4.48. The molecule has 1 heteroatoms. The summed E-state index contributed by atoms with van der Waals surface area (Å²) in [6, 6.07) is 26.3. The zero-order valence-corrected chi connectivity index (χ0v) is 13.9. The summed E-state index contributed by atoms with van der Waals surface area (Å²) in [5.74, 6) is 0. The van der Waals surface area contributed by atoms with Crippen LogP contribution in [0.2, 0.25) is 0 Å². The molecule has 6 rings (SSSR count). The molecule has 0 atom stereocenters. The van der Waals surface area contributed by atoms with Gasteiger partial charge in [0.15, 0.2) is 0 Å². The average Bonchev–Trinajstić information content (AvgIpc) is 2.67. The SMILES string of the molecule is Cc1cc2c3ccccc3c3cccc4c5ccccc5c(n1)c2c34. The molecule has 0 aliphatic carbocycles. The highest BCUT2D eigenvalue weighted by Crippen LogP contribution is 2.43. The molecule has 5 aromatic carbocycles. The highest BCUT2D eigenvalue weighted by molar-refractivity contribution is 6.39. The third-order valence-electron chi connectivity index (χ3n) is 5.44. The maximum absolute atomic E-state index is 4.96. The molecule has 1 aromatic heterocycles. The van der Waals surface area contributed by atoms with Gasteiger partial charge in [0, 0.05) is 21.9 Å². The van der Waals surface area contributed by atoms with Crippen LogP contribution in [-0.4, -0.2) is 4.98 Å². The van der Waals surface area contributed by atoms with Gasteiger partial charge in [0.2, 0.25) is 0 Å². The van der Waals surface area contributed by atoms with Gasteiger partial charge in [-0.1, -0.05) is 66.7 Å². The molecule has 1 nitrogen and oxygen atoms in total. The van der Waals surface area contributed by atoms with Crippen LogP contribution in [0.4, 0.5) is 0 Å². The van der Waals surface area contributed by atoms with Crippen molar-refractivity contribution in [3.63, 3.8) is 0 Å². The lowest BCUT2D eigenvalue weighted by atomic mass is 9.88. The lowest BCUT2D eigenvalue weighted by Crippen LogP contribution is -1.93. The minimum atomic E-state index is 1.07. The van der Waals surface area contributed by atoms with E-state index in [-0.39, 0.29) is 0 Å². The van der Waals surface area contributed by atoms with Gasteiger partial charge in [-0.25, -0.2) is 0 Å². The maximum atomic E-state index is 4.96. The molecule has 1 heterocycles. The van der Waals surface area contributed by atoms with Crippen molar-refractivity contribution in [3.8, 4) is 0 Å². The summed E-state index contributed by atoms with van der Waals surface area (Å²) in [4.78, 5) is 4.96. The van der Waals surface area contributed by atoms with E-state index in [9.17, 15) is 0 Å². The van der Waals surface area contributed by atoms with Crippen molar-refractivity contribution in [2.45, 2.75) is 6.92 Å². The number of fused-ring (bicyclic) bond motifs is 6. The first-order valence-electron chi connectivity index (χ1n) is 8.67. The van der Waals surface area contributed by atoms with E-state index in [2.05, 4.69) is 79.7 Å². The number of rotatable bonds is 0. The smallest absolute Gasteiger partial charge is 0.0796 e. The largest absolute Gasteiger partial charge is 0.252 e. The molecule has 6 aromatic rings. The predicted octanol–water partition coefficient (Wildman–Crippen LogP) is 6.59. The minimum absolute atomic E-state index is 1.07. The summed E-state index contributed by atoms with van der Waals surface area (Å²) in [6.07, 6.45) is 0. The van der Waals surface area contributed by atoms with Gasteiger partial charge in [-0.05, 0) is 45.3 Å². The average molecular weight is 317 g/mol. The van der Waals surface area contributed by atoms with Gasteiger partial charge in [0.05, 0.1) is 5.52 Å². The molecule has 0 N–H and O–H groups in total. The molecule has 0 radical (unpaired) electrons. The first-order chi connectivity index (χ1) is 12.3. The molecule has 0 saturated heterocycles. The molecule has 0 aliphatic heterocycles. The second-order valence-corrected chi connectivity index (χ2v) is 6.85. The van der Waals surface area contributed by atoms with Gasteiger partial charge >= 0.3 is 0 Å². The highest BCUT2D eigenvalue weighted by atomic mass is 14.7. The number of aryl methyl sites for hydroxylation is 1. The Morgan fingerprint density at radius 1 is 0.520 bits per heavy atom. The summed E-state index contributed by atoms with van der Waals surface area (Å²) in [5, 5.41) is 11.8. The number of benzene rings is 5. The Kier molecular flexibility index (Phi) is 2.34. The van der Waals surface area contributed by atoms with Gasteiger partial charge in [-0.3, -0.25) is 4.98 Å². The molecule has 0 aliphatic rings. The van der Waals surface area contributed by atoms with Crippen molar-refractivity contribution >= 4 is 54.0 Å². The van der Waals surface area contributed by atoms with E-state index in [1.165, 1.54) is 48.5 Å². The lowest BCUT2D eigenvalue weighted by molar-refractivity contribution is 1.27. The van der Waals surface area contributed by atoms with Crippen LogP contribution in [0, 0.1) is 6.92 Å². The Labute approximate surface area is 144 Å². The normalized spacial score (nSPS) is 12.2. The van der Waals surface area contributed by atoms with Crippen molar-refractivity contribution in [2.75, 3.05) is 0 Å². The monoisotopic (exact) mass is 317 g/mol. The maximum Gasteiger partial charge on any atom is 0.0796 e. The third-order valence-corrected chi connectivity index (χ3v) is 5.44. The summed E-state index contributed by atoms with van der Waals surface area (Å²) in [6.45, 7) is 2.10. The Morgan fingerprint density at radius 2 is 1.04 bits per heavy atom. The number of aromatic nitrogens is 1. The van der Waals surface area contributed by atoms with E-state index in [1.54, 1.807) is 0 Å². The van der Waals surface area contributed by atoms with E-state index in [0.717, 1.165) is 11.2 Å². The van der Waals surface area contributed by atoms with Crippen LogP contribution in [-0.2, 0) is 0 Å². The number of hydrogen-bond donors (Lipinski definition) is 0. The molecule has 0 spiro atoms. The zero-order valence-electron chi connectivity index (χ0n) is 13.9. The van der Waals surface area contributed by atoms with Crippen LogP contribution in [0.5, 0.6) is 0 Å². The first kappa shape index (κ1) is 13.1. The van der Waals surface area contributed by atoms with Gasteiger partial charge in [-0.2, -0.15) is 0 Å². The summed E-state index contributed by atoms with van der Waals surface area (Å²) < 4.78 is 0. The van der Waals surface area contributed by atoms with Crippen LogP contribution in [0.1, 0.15) is 5.69 Å². The molecule has 0 unspecified atom stereocenters. The number of pyridine rings is 1. The van der Waals surface area contributed by atoms with Crippen LogP contribution in [0.3, 0.4) is 0 Å². The van der Waals surface area contributed by atoms with Crippen LogP contribution < -0.4 is 0 Å². The highest BCUT2D eigenvalue weighted by Gasteiger charge is 2.17. The number of nitrogens with zero attached hydrogens (tertiary/aromatic N) is 1. The molecule has 0 amide bonds. The molecule has 116 valence electrons. The Hall–Kier alpha value is -3.19. The Balaban J connectivity index is 2.15. The van der Waals surface area contributed by atoms with Crippen LogP contribution in [0.15, 0.2) is 72.8 Å². The molecular formula is C24H15N. The standard InChI is InChI=1S/C24H15N/c1-14-13-21-16-8-3-2-7-15(16)18-11-6-12-19-17-9-4-5-10-20(17)24(25-14)23(21)22(18)19/h2-13H,1H3. The third kappa shape index (κ3) is 1.56. The van der Waals surface area contributed by atoms with Crippen LogP contribution >= 0.6 is 0 Å². The van der Waals surface area contributed by atoms with Gasteiger partial charge < -0.3 is 0 Å². The van der Waals surface area contributed by atoms with Gasteiger partial charge in [-0.15, -0.1) is 0 Å². The quantitative estimate of drug-likeness (QED) is 0.227. The molecule has 25 heavy (non-hydrogen) atoms. The first-order valence-corrected chi connectivity index (χ1v) is 8.67. The zero-order chi connectivity index (χ0) is 16.5. The molecule has 0 bridgehead atoms. The van der Waals surface area contributed by atoms with E-state index in [4.69, 9.17) is 4.98 Å². The molecule has 0 saturated carbocycles. The van der Waals surface area contributed by atoms with E-state index < -0.39 is 0 Å². The fourth-order valence-electron chi connectivity index (χ4n) is 4.48. The minimum Gasteiger partial charge on any atom is -0.252 e. The fraction of sp³-hybridized carbons (Fsp3) is 0.0417. The second-order valence-electron chi connectivity index (χ2n) is 6.85. The summed E-state index contributed by atoms with van der Waals surface area (Å²) >= 11 is 0.